The summed E-state index contributed by atoms with van der Waals surface area (Å²) < 4.78 is 5.83. The Balaban J connectivity index is 0.00000385. The van der Waals surface area contributed by atoms with Crippen LogP contribution >= 0.6 is 24.0 Å². The van der Waals surface area contributed by atoms with Gasteiger partial charge in [0.2, 0.25) is 5.91 Å². The number of aliphatic imine (C=N–C) groups is 1. The highest BCUT2D eigenvalue weighted by atomic mass is 127. The lowest BCUT2D eigenvalue weighted by molar-refractivity contribution is -0.114. The minimum absolute atomic E-state index is 0. The Bertz CT molecular complexity index is 872. The number of halogens is 1. The van der Waals surface area contributed by atoms with E-state index in [1.807, 2.05) is 24.3 Å². The van der Waals surface area contributed by atoms with Crippen LogP contribution in [0.15, 0.2) is 59.6 Å². The summed E-state index contributed by atoms with van der Waals surface area (Å²) in [5, 5.41) is 9.45. The molecule has 180 valence electrons. The first kappa shape index (κ1) is 26.9. The Morgan fingerprint density at radius 3 is 2.55 bits per heavy atom. The van der Waals surface area contributed by atoms with Crippen molar-refractivity contribution in [3.8, 4) is 5.75 Å². The van der Waals surface area contributed by atoms with Gasteiger partial charge >= 0.3 is 0 Å². The fourth-order valence-corrected chi connectivity index (χ4v) is 3.88. The summed E-state index contributed by atoms with van der Waals surface area (Å²) in [6.45, 7) is 8.43. The van der Waals surface area contributed by atoms with Crippen molar-refractivity contribution in [3.63, 3.8) is 0 Å². The number of hydrogen-bond donors (Lipinski definition) is 3. The summed E-state index contributed by atoms with van der Waals surface area (Å²) in [6.07, 6.45) is 2.51. The molecular formula is C25H36IN5O2. The zero-order chi connectivity index (χ0) is 22.6. The van der Waals surface area contributed by atoms with Gasteiger partial charge in [0, 0.05) is 25.2 Å². The molecule has 2 aromatic rings. The zero-order valence-corrected chi connectivity index (χ0v) is 21.9. The average molecular weight is 566 g/mol. The highest BCUT2D eigenvalue weighted by Gasteiger charge is 2.23. The molecule has 1 amide bonds. The number of hydrogen-bond acceptors (Lipinski definition) is 4. The largest absolute Gasteiger partial charge is 0.492 e. The molecule has 33 heavy (non-hydrogen) atoms. The maximum absolute atomic E-state index is 11.2. The van der Waals surface area contributed by atoms with Gasteiger partial charge in [-0.3, -0.25) is 14.7 Å². The van der Waals surface area contributed by atoms with Crippen molar-refractivity contribution in [2.24, 2.45) is 4.99 Å². The summed E-state index contributed by atoms with van der Waals surface area (Å²) >= 11 is 0. The Hall–Kier alpha value is -2.33. The molecule has 1 fully saturated rings. The Morgan fingerprint density at radius 1 is 1.09 bits per heavy atom. The van der Waals surface area contributed by atoms with Crippen molar-refractivity contribution >= 4 is 41.5 Å². The van der Waals surface area contributed by atoms with Gasteiger partial charge in [0.05, 0.1) is 19.1 Å². The van der Waals surface area contributed by atoms with E-state index in [0.29, 0.717) is 25.7 Å². The summed E-state index contributed by atoms with van der Waals surface area (Å²) in [5.41, 5.74) is 2.04. The van der Waals surface area contributed by atoms with Crippen LogP contribution in [0.5, 0.6) is 5.75 Å². The molecule has 7 nitrogen and oxygen atoms in total. The van der Waals surface area contributed by atoms with Crippen LogP contribution in [0.4, 0.5) is 5.69 Å². The fourth-order valence-electron chi connectivity index (χ4n) is 3.88. The van der Waals surface area contributed by atoms with E-state index in [1.165, 1.54) is 25.3 Å². The molecule has 3 N–H and O–H groups in total. The highest BCUT2D eigenvalue weighted by molar-refractivity contribution is 14.0. The van der Waals surface area contributed by atoms with Gasteiger partial charge in [-0.05, 0) is 50.6 Å². The normalized spacial score (nSPS) is 14.8. The monoisotopic (exact) mass is 565 g/mol. The van der Waals surface area contributed by atoms with Crippen LogP contribution in [-0.2, 0) is 4.79 Å². The molecular weight excluding hydrogens is 529 g/mol. The lowest BCUT2D eigenvalue weighted by Gasteiger charge is -2.27. The van der Waals surface area contributed by atoms with Gasteiger partial charge in [-0.1, -0.05) is 36.4 Å². The minimum atomic E-state index is -0.0990. The smallest absolute Gasteiger partial charge is 0.221 e. The number of likely N-dealkylation sites (tertiary alicyclic amines) is 1. The van der Waals surface area contributed by atoms with Crippen LogP contribution in [-0.4, -0.2) is 56.1 Å². The maximum Gasteiger partial charge on any atom is 0.221 e. The summed E-state index contributed by atoms with van der Waals surface area (Å²) in [6, 6.07) is 18.4. The predicted molar refractivity (Wildman–Crippen MR) is 146 cm³/mol. The number of guanidine groups is 1. The second-order valence-electron chi connectivity index (χ2n) is 7.87. The summed E-state index contributed by atoms with van der Waals surface area (Å²) in [4.78, 5) is 18.6. The number of amides is 1. The SMILES string of the molecule is CCNC(=NCC(c1ccccc1)N1CCCC1)NCCOc1cccc(NC(C)=O)c1.I. The molecule has 1 atom stereocenters. The number of nitrogens with one attached hydrogen (secondary N) is 3. The lowest BCUT2D eigenvalue weighted by Crippen LogP contribution is -2.40. The van der Waals surface area contributed by atoms with Gasteiger partial charge in [0.1, 0.15) is 12.4 Å². The van der Waals surface area contributed by atoms with Crippen LogP contribution < -0.4 is 20.7 Å². The van der Waals surface area contributed by atoms with Crippen LogP contribution in [0.3, 0.4) is 0 Å². The molecule has 3 rings (SSSR count). The topological polar surface area (TPSA) is 78.0 Å². The fraction of sp³-hybridized carbons (Fsp3) is 0.440. The first-order valence-corrected chi connectivity index (χ1v) is 11.5. The van der Waals surface area contributed by atoms with Crippen molar-refractivity contribution < 1.29 is 9.53 Å². The Morgan fingerprint density at radius 2 is 1.85 bits per heavy atom. The first-order chi connectivity index (χ1) is 15.7. The molecule has 0 saturated carbocycles. The highest BCUT2D eigenvalue weighted by Crippen LogP contribution is 2.25. The molecule has 8 heteroatoms. The van der Waals surface area contributed by atoms with Crippen LogP contribution in [0, 0.1) is 0 Å². The molecule has 1 aliphatic rings. The van der Waals surface area contributed by atoms with Gasteiger partial charge in [-0.15, -0.1) is 24.0 Å². The van der Waals surface area contributed by atoms with E-state index in [4.69, 9.17) is 9.73 Å². The standard InChI is InChI=1S/C25H35N5O2.HI/c1-3-26-25(27-14-17-32-23-13-9-12-22(18-23)29-20(2)31)28-19-24(30-15-7-8-16-30)21-10-5-4-6-11-21;/h4-6,9-13,18,24H,3,7-8,14-17,19H2,1-2H3,(H,29,31)(H2,26,27,28);1H. The molecule has 1 aliphatic heterocycles. The minimum Gasteiger partial charge on any atom is -0.492 e. The molecule has 0 spiro atoms. The predicted octanol–water partition coefficient (Wildman–Crippen LogP) is 4.03. The van der Waals surface area contributed by atoms with Gasteiger partial charge in [-0.2, -0.15) is 0 Å². The third-order valence-corrected chi connectivity index (χ3v) is 5.35. The molecule has 1 heterocycles. The van der Waals surface area contributed by atoms with Gasteiger partial charge in [0.25, 0.3) is 0 Å². The van der Waals surface area contributed by atoms with E-state index in [9.17, 15) is 4.79 Å². The Labute approximate surface area is 214 Å². The van der Waals surface area contributed by atoms with Crippen LogP contribution in [0.25, 0.3) is 0 Å². The molecule has 1 saturated heterocycles. The van der Waals surface area contributed by atoms with Gasteiger partial charge < -0.3 is 20.7 Å². The number of ether oxygens (including phenoxy) is 1. The number of carbonyl (C=O) groups is 1. The van der Waals surface area contributed by atoms with E-state index < -0.39 is 0 Å². The molecule has 0 aliphatic carbocycles. The number of rotatable bonds is 10. The van der Waals surface area contributed by atoms with Gasteiger partial charge in [-0.25, -0.2) is 0 Å². The zero-order valence-electron chi connectivity index (χ0n) is 19.5. The van der Waals surface area contributed by atoms with E-state index >= 15 is 0 Å². The second kappa shape index (κ2) is 14.7. The average Bonchev–Trinajstić information content (AvgIpc) is 3.32. The maximum atomic E-state index is 11.2. The number of benzene rings is 2. The third-order valence-electron chi connectivity index (χ3n) is 5.35. The quantitative estimate of drug-likeness (QED) is 0.176. The number of anilines is 1. The molecule has 1 unspecified atom stereocenters. The van der Waals surface area contributed by atoms with Crippen LogP contribution in [0.1, 0.15) is 38.3 Å². The third kappa shape index (κ3) is 9.21. The van der Waals surface area contributed by atoms with Crippen molar-refractivity contribution in [3.05, 3.63) is 60.2 Å². The molecule has 0 bridgehead atoms. The Kier molecular flexibility index (Phi) is 12.0. The second-order valence-corrected chi connectivity index (χ2v) is 7.87. The molecule has 0 aromatic heterocycles. The summed E-state index contributed by atoms with van der Waals surface area (Å²) in [7, 11) is 0. The van der Waals surface area contributed by atoms with Gasteiger partial charge in [0.15, 0.2) is 5.96 Å². The van der Waals surface area contributed by atoms with Crippen molar-refractivity contribution in [1.82, 2.24) is 15.5 Å². The number of carbonyl (C=O) groups excluding carboxylic acids is 1. The van der Waals surface area contributed by atoms with E-state index in [-0.39, 0.29) is 29.9 Å². The molecule has 0 radical (unpaired) electrons. The van der Waals surface area contributed by atoms with Crippen molar-refractivity contribution in [2.75, 3.05) is 44.6 Å². The van der Waals surface area contributed by atoms with Crippen LogP contribution in [0.2, 0.25) is 0 Å². The van der Waals surface area contributed by atoms with Crippen molar-refractivity contribution in [2.45, 2.75) is 32.7 Å². The van der Waals surface area contributed by atoms with E-state index in [0.717, 1.165) is 37.0 Å². The lowest BCUT2D eigenvalue weighted by atomic mass is 10.1. The summed E-state index contributed by atoms with van der Waals surface area (Å²) in [5.74, 6) is 1.42. The van der Waals surface area contributed by atoms with Crippen molar-refractivity contribution in [1.29, 1.82) is 0 Å². The van der Waals surface area contributed by atoms with E-state index in [1.54, 1.807) is 0 Å². The first-order valence-electron chi connectivity index (χ1n) is 11.5. The van der Waals surface area contributed by atoms with E-state index in [2.05, 4.69) is 58.1 Å². The number of nitrogens with zero attached hydrogens (tertiary/aromatic N) is 2. The molecule has 2 aromatic carbocycles.